The van der Waals surface area contributed by atoms with Gasteiger partial charge in [-0.3, -0.25) is 9.69 Å². The Morgan fingerprint density at radius 2 is 2.08 bits per heavy atom. The summed E-state index contributed by atoms with van der Waals surface area (Å²) in [5.74, 6) is -0.253. The van der Waals surface area contributed by atoms with E-state index in [-0.39, 0.29) is 30.2 Å². The number of carbonyl (C=O) groups is 1. The van der Waals surface area contributed by atoms with Gasteiger partial charge in [0, 0.05) is 32.2 Å². The summed E-state index contributed by atoms with van der Waals surface area (Å²) in [7, 11) is 0. The molecule has 2 N–H and O–H groups in total. The second-order valence-electron chi connectivity index (χ2n) is 6.51. The van der Waals surface area contributed by atoms with Crippen LogP contribution in [0.4, 0.5) is 4.39 Å². The Labute approximate surface area is 160 Å². The molecule has 1 unspecified atom stereocenters. The van der Waals surface area contributed by atoms with Crippen LogP contribution in [0.1, 0.15) is 22.7 Å². The fraction of sp³-hybridized carbons (Fsp3) is 0.350. The zero-order valence-corrected chi connectivity index (χ0v) is 15.7. The summed E-state index contributed by atoms with van der Waals surface area (Å²) < 4.78 is 13.5. The lowest BCUT2D eigenvalue weighted by Gasteiger charge is -2.36. The van der Waals surface area contributed by atoms with Crippen molar-refractivity contribution in [1.29, 1.82) is 0 Å². The summed E-state index contributed by atoms with van der Waals surface area (Å²) in [5.41, 5.74) is 3.18. The highest BCUT2D eigenvalue weighted by Crippen LogP contribution is 2.22. The number of rotatable bonds is 5. The molecular weight excluding hydrogens is 353 g/mol. The first-order valence-electron chi connectivity index (χ1n) is 8.64. The molecular formula is C20H25ClFN3O. The molecule has 26 heavy (non-hydrogen) atoms. The standard InChI is InChI=1S/C20H24FN3O.ClH/c1-15-4-2-5-16(10-15)12-23-20(25)14-24-9-8-22-13-19(24)17-6-3-7-18(21)11-17;/h2-7,10-11,19,22H,8-9,12-14H2,1H3,(H,23,25);1H. The molecule has 0 bridgehead atoms. The van der Waals surface area contributed by atoms with Crippen molar-refractivity contribution in [2.24, 2.45) is 0 Å². The highest BCUT2D eigenvalue weighted by atomic mass is 35.5. The van der Waals surface area contributed by atoms with Crippen LogP contribution < -0.4 is 10.6 Å². The molecule has 140 valence electrons. The van der Waals surface area contributed by atoms with Gasteiger partial charge in [0.1, 0.15) is 5.82 Å². The van der Waals surface area contributed by atoms with E-state index in [1.54, 1.807) is 12.1 Å². The van der Waals surface area contributed by atoms with Crippen molar-refractivity contribution in [3.63, 3.8) is 0 Å². The lowest BCUT2D eigenvalue weighted by Crippen LogP contribution is -2.49. The summed E-state index contributed by atoms with van der Waals surface area (Å²) >= 11 is 0. The molecule has 6 heteroatoms. The number of amides is 1. The molecule has 1 aliphatic heterocycles. The van der Waals surface area contributed by atoms with E-state index in [2.05, 4.69) is 21.6 Å². The number of hydrogen-bond donors (Lipinski definition) is 2. The fourth-order valence-corrected chi connectivity index (χ4v) is 3.24. The number of aryl methyl sites for hydroxylation is 1. The molecule has 2 aromatic rings. The van der Waals surface area contributed by atoms with Gasteiger partial charge in [-0.2, -0.15) is 0 Å². The number of nitrogens with one attached hydrogen (secondary N) is 2. The third-order valence-electron chi connectivity index (χ3n) is 4.51. The first-order chi connectivity index (χ1) is 12.1. The monoisotopic (exact) mass is 377 g/mol. The van der Waals surface area contributed by atoms with Gasteiger partial charge in [0.15, 0.2) is 0 Å². The van der Waals surface area contributed by atoms with Gasteiger partial charge >= 0.3 is 0 Å². The van der Waals surface area contributed by atoms with Gasteiger partial charge in [0.25, 0.3) is 0 Å². The molecule has 2 aromatic carbocycles. The maximum atomic E-state index is 13.5. The average molecular weight is 378 g/mol. The van der Waals surface area contributed by atoms with Crippen LogP contribution >= 0.6 is 12.4 Å². The Balaban J connectivity index is 0.00000243. The minimum atomic E-state index is -0.244. The largest absolute Gasteiger partial charge is 0.351 e. The van der Waals surface area contributed by atoms with Crippen molar-refractivity contribution in [3.8, 4) is 0 Å². The van der Waals surface area contributed by atoms with Crippen LogP contribution in [0.15, 0.2) is 48.5 Å². The number of piperazine rings is 1. The third-order valence-corrected chi connectivity index (χ3v) is 4.51. The van der Waals surface area contributed by atoms with Crippen LogP contribution in [-0.2, 0) is 11.3 Å². The van der Waals surface area contributed by atoms with Crippen molar-refractivity contribution >= 4 is 18.3 Å². The lowest BCUT2D eigenvalue weighted by molar-refractivity contribution is -0.123. The summed E-state index contributed by atoms with van der Waals surface area (Å²) in [6.45, 7) is 5.19. The summed E-state index contributed by atoms with van der Waals surface area (Å²) in [5, 5.41) is 6.31. The third kappa shape index (κ3) is 5.53. The molecule has 0 aliphatic carbocycles. The minimum absolute atomic E-state index is 0. The fourth-order valence-electron chi connectivity index (χ4n) is 3.24. The van der Waals surface area contributed by atoms with Crippen molar-refractivity contribution in [2.75, 3.05) is 26.2 Å². The molecule has 4 nitrogen and oxygen atoms in total. The second-order valence-corrected chi connectivity index (χ2v) is 6.51. The first kappa shape index (κ1) is 20.4. The van der Waals surface area contributed by atoms with Crippen molar-refractivity contribution in [3.05, 3.63) is 71.0 Å². The number of benzene rings is 2. The molecule has 1 heterocycles. The van der Waals surface area contributed by atoms with Gasteiger partial charge in [0.2, 0.25) is 5.91 Å². The molecule has 0 aromatic heterocycles. The number of hydrogen-bond acceptors (Lipinski definition) is 3. The molecule has 3 rings (SSSR count). The van der Waals surface area contributed by atoms with E-state index in [4.69, 9.17) is 0 Å². The first-order valence-corrected chi connectivity index (χ1v) is 8.64. The Hall–Kier alpha value is -1.95. The van der Waals surface area contributed by atoms with Crippen LogP contribution in [0, 0.1) is 12.7 Å². The van der Waals surface area contributed by atoms with E-state index in [9.17, 15) is 9.18 Å². The highest BCUT2D eigenvalue weighted by Gasteiger charge is 2.25. The smallest absolute Gasteiger partial charge is 0.234 e. The van der Waals surface area contributed by atoms with E-state index in [1.807, 2.05) is 31.2 Å². The zero-order valence-electron chi connectivity index (χ0n) is 14.9. The quantitative estimate of drug-likeness (QED) is 0.842. The van der Waals surface area contributed by atoms with Crippen molar-refractivity contribution < 1.29 is 9.18 Å². The van der Waals surface area contributed by atoms with E-state index < -0.39 is 0 Å². The van der Waals surface area contributed by atoms with Crippen LogP contribution in [0.5, 0.6) is 0 Å². The van der Waals surface area contributed by atoms with Gasteiger partial charge in [-0.15, -0.1) is 12.4 Å². The number of halogens is 2. The minimum Gasteiger partial charge on any atom is -0.351 e. The van der Waals surface area contributed by atoms with E-state index in [0.717, 1.165) is 24.2 Å². The molecule has 0 radical (unpaired) electrons. The Bertz CT molecular complexity index is 741. The highest BCUT2D eigenvalue weighted by molar-refractivity contribution is 5.85. The van der Waals surface area contributed by atoms with E-state index in [1.165, 1.54) is 11.6 Å². The van der Waals surface area contributed by atoms with E-state index >= 15 is 0 Å². The lowest BCUT2D eigenvalue weighted by atomic mass is 10.0. The molecule has 0 saturated carbocycles. The molecule has 0 spiro atoms. The predicted molar refractivity (Wildman–Crippen MR) is 104 cm³/mol. The Kier molecular flexibility index (Phi) is 7.57. The SMILES string of the molecule is Cc1cccc(CNC(=O)CN2CCNCC2c2cccc(F)c2)c1.Cl. The number of nitrogens with zero attached hydrogens (tertiary/aromatic N) is 1. The maximum Gasteiger partial charge on any atom is 0.234 e. The van der Waals surface area contributed by atoms with Crippen LogP contribution in [0.25, 0.3) is 0 Å². The van der Waals surface area contributed by atoms with E-state index in [0.29, 0.717) is 19.6 Å². The van der Waals surface area contributed by atoms with Crippen LogP contribution in [0.3, 0.4) is 0 Å². The topological polar surface area (TPSA) is 44.4 Å². The Morgan fingerprint density at radius 3 is 2.85 bits per heavy atom. The van der Waals surface area contributed by atoms with Gasteiger partial charge in [-0.05, 0) is 30.2 Å². The van der Waals surface area contributed by atoms with Crippen molar-refractivity contribution in [2.45, 2.75) is 19.5 Å². The molecule has 1 fully saturated rings. The summed E-state index contributed by atoms with van der Waals surface area (Å²) in [4.78, 5) is 14.5. The normalized spacial score (nSPS) is 17.4. The summed E-state index contributed by atoms with van der Waals surface area (Å²) in [6, 6.07) is 14.7. The van der Waals surface area contributed by atoms with Gasteiger partial charge in [0.05, 0.1) is 6.54 Å². The van der Waals surface area contributed by atoms with Crippen LogP contribution in [0.2, 0.25) is 0 Å². The molecule has 1 atom stereocenters. The molecule has 1 amide bonds. The zero-order chi connectivity index (χ0) is 17.6. The number of carbonyl (C=O) groups excluding carboxylic acids is 1. The summed E-state index contributed by atoms with van der Waals surface area (Å²) in [6.07, 6.45) is 0. The van der Waals surface area contributed by atoms with Crippen LogP contribution in [-0.4, -0.2) is 37.0 Å². The van der Waals surface area contributed by atoms with Gasteiger partial charge in [-0.1, -0.05) is 42.0 Å². The van der Waals surface area contributed by atoms with Crippen molar-refractivity contribution in [1.82, 2.24) is 15.5 Å². The molecule has 1 saturated heterocycles. The average Bonchev–Trinajstić information content (AvgIpc) is 2.60. The predicted octanol–water partition coefficient (Wildman–Crippen LogP) is 2.82. The molecule has 1 aliphatic rings. The second kappa shape index (κ2) is 9.67. The Morgan fingerprint density at radius 1 is 1.27 bits per heavy atom. The maximum absolute atomic E-state index is 13.5. The van der Waals surface area contributed by atoms with Gasteiger partial charge in [-0.25, -0.2) is 4.39 Å². The van der Waals surface area contributed by atoms with Gasteiger partial charge < -0.3 is 10.6 Å².